The van der Waals surface area contributed by atoms with Gasteiger partial charge in [-0.25, -0.2) is 4.39 Å². The van der Waals surface area contributed by atoms with Crippen LogP contribution in [0.15, 0.2) is 0 Å². The van der Waals surface area contributed by atoms with Gasteiger partial charge in [-0.15, -0.1) is 0 Å². The zero-order chi connectivity index (χ0) is 9.69. The second-order valence-electron chi connectivity index (χ2n) is 5.37. The Hall–Kier alpha value is -0.110. The van der Waals surface area contributed by atoms with Crippen molar-refractivity contribution in [2.24, 2.45) is 5.92 Å². The second kappa shape index (κ2) is 2.69. The summed E-state index contributed by atoms with van der Waals surface area (Å²) in [4.78, 5) is 2.39. The van der Waals surface area contributed by atoms with E-state index >= 15 is 0 Å². The summed E-state index contributed by atoms with van der Waals surface area (Å²) in [6.45, 7) is 8.00. The predicted molar refractivity (Wildman–Crippen MR) is 52.5 cm³/mol. The fourth-order valence-corrected chi connectivity index (χ4v) is 3.34. The Morgan fingerprint density at radius 2 is 2.08 bits per heavy atom. The molecule has 0 spiro atoms. The quantitative estimate of drug-likeness (QED) is 0.607. The SMILES string of the molecule is CC(C)C12CCCN1CC(C)(F)C2. The van der Waals surface area contributed by atoms with Crippen molar-refractivity contribution >= 4 is 0 Å². The van der Waals surface area contributed by atoms with E-state index in [4.69, 9.17) is 0 Å². The van der Waals surface area contributed by atoms with E-state index in [2.05, 4.69) is 18.7 Å². The summed E-state index contributed by atoms with van der Waals surface area (Å²) in [5.41, 5.74) is -0.742. The van der Waals surface area contributed by atoms with Gasteiger partial charge >= 0.3 is 0 Å². The minimum atomic E-state index is -0.940. The minimum Gasteiger partial charge on any atom is -0.294 e. The number of nitrogens with zero attached hydrogens (tertiary/aromatic N) is 1. The van der Waals surface area contributed by atoms with Crippen LogP contribution in [0, 0.1) is 5.92 Å². The molecule has 2 rings (SSSR count). The van der Waals surface area contributed by atoms with Gasteiger partial charge in [0.2, 0.25) is 0 Å². The van der Waals surface area contributed by atoms with Crippen LogP contribution in [0.5, 0.6) is 0 Å². The van der Waals surface area contributed by atoms with Gasteiger partial charge in [0.25, 0.3) is 0 Å². The van der Waals surface area contributed by atoms with Crippen LogP contribution in [0.25, 0.3) is 0 Å². The summed E-state index contributed by atoms with van der Waals surface area (Å²) in [7, 11) is 0. The number of rotatable bonds is 1. The zero-order valence-electron chi connectivity index (χ0n) is 8.94. The van der Waals surface area contributed by atoms with Gasteiger partial charge in [0.05, 0.1) is 0 Å². The van der Waals surface area contributed by atoms with Crippen LogP contribution in [0.2, 0.25) is 0 Å². The third-order valence-electron chi connectivity index (χ3n) is 3.94. The van der Waals surface area contributed by atoms with E-state index in [1.165, 1.54) is 12.8 Å². The normalized spacial score (nSPS) is 45.9. The summed E-state index contributed by atoms with van der Waals surface area (Å²) < 4.78 is 13.9. The molecular weight excluding hydrogens is 165 g/mol. The lowest BCUT2D eigenvalue weighted by molar-refractivity contribution is 0.136. The van der Waals surface area contributed by atoms with Gasteiger partial charge in [-0.05, 0) is 32.2 Å². The number of hydrogen-bond donors (Lipinski definition) is 0. The molecule has 0 radical (unpaired) electrons. The lowest BCUT2D eigenvalue weighted by Crippen LogP contribution is -2.42. The van der Waals surface area contributed by atoms with Crippen molar-refractivity contribution in [3.8, 4) is 0 Å². The van der Waals surface area contributed by atoms with Gasteiger partial charge in [-0.1, -0.05) is 13.8 Å². The maximum absolute atomic E-state index is 13.9. The van der Waals surface area contributed by atoms with E-state index in [1.807, 2.05) is 0 Å². The van der Waals surface area contributed by atoms with Gasteiger partial charge in [0.1, 0.15) is 5.67 Å². The highest BCUT2D eigenvalue weighted by molar-refractivity contribution is 5.09. The number of halogens is 1. The Labute approximate surface area is 80.3 Å². The van der Waals surface area contributed by atoms with Crippen molar-refractivity contribution in [3.05, 3.63) is 0 Å². The van der Waals surface area contributed by atoms with Crippen molar-refractivity contribution in [1.29, 1.82) is 0 Å². The lowest BCUT2D eigenvalue weighted by atomic mass is 9.80. The van der Waals surface area contributed by atoms with E-state index in [-0.39, 0.29) is 5.54 Å². The first kappa shape index (κ1) is 9.45. The lowest BCUT2D eigenvalue weighted by Gasteiger charge is -2.35. The molecule has 2 atom stereocenters. The highest BCUT2D eigenvalue weighted by Crippen LogP contribution is 2.48. The van der Waals surface area contributed by atoms with Crippen LogP contribution in [0.3, 0.4) is 0 Å². The highest BCUT2D eigenvalue weighted by Gasteiger charge is 2.54. The van der Waals surface area contributed by atoms with E-state index in [1.54, 1.807) is 6.92 Å². The fourth-order valence-electron chi connectivity index (χ4n) is 3.34. The molecule has 0 aromatic heterocycles. The van der Waals surface area contributed by atoms with Crippen LogP contribution < -0.4 is 0 Å². The van der Waals surface area contributed by atoms with Crippen LogP contribution in [-0.2, 0) is 0 Å². The molecule has 2 heteroatoms. The zero-order valence-corrected chi connectivity index (χ0v) is 8.94. The topological polar surface area (TPSA) is 3.24 Å². The summed E-state index contributed by atoms with van der Waals surface area (Å²) >= 11 is 0. The molecular formula is C11H20FN. The summed E-state index contributed by atoms with van der Waals surface area (Å²) in [5, 5.41) is 0. The first-order chi connectivity index (χ1) is 5.96. The molecule has 0 bridgehead atoms. The average molecular weight is 185 g/mol. The maximum atomic E-state index is 13.9. The third-order valence-corrected chi connectivity index (χ3v) is 3.94. The molecule has 2 saturated heterocycles. The van der Waals surface area contributed by atoms with Gasteiger partial charge in [-0.3, -0.25) is 4.90 Å². The predicted octanol–water partition coefficient (Wildman–Crippen LogP) is 2.61. The number of fused-ring (bicyclic) bond motifs is 1. The average Bonchev–Trinajstić information content (AvgIpc) is 2.40. The van der Waals surface area contributed by atoms with Crippen LogP contribution in [0.1, 0.15) is 40.0 Å². The van der Waals surface area contributed by atoms with Crippen LogP contribution in [0.4, 0.5) is 4.39 Å². The van der Waals surface area contributed by atoms with Gasteiger partial charge in [0.15, 0.2) is 0 Å². The first-order valence-corrected chi connectivity index (χ1v) is 5.40. The van der Waals surface area contributed by atoms with Crippen molar-refractivity contribution < 1.29 is 4.39 Å². The molecule has 0 amide bonds. The Kier molecular flexibility index (Phi) is 1.96. The first-order valence-electron chi connectivity index (χ1n) is 5.40. The van der Waals surface area contributed by atoms with E-state index < -0.39 is 5.67 Å². The van der Waals surface area contributed by atoms with Crippen molar-refractivity contribution in [3.63, 3.8) is 0 Å². The molecule has 0 aromatic rings. The fraction of sp³-hybridized carbons (Fsp3) is 1.00. The third kappa shape index (κ3) is 1.30. The summed E-state index contributed by atoms with van der Waals surface area (Å²) in [6, 6.07) is 0. The second-order valence-corrected chi connectivity index (χ2v) is 5.37. The molecule has 13 heavy (non-hydrogen) atoms. The Bertz CT molecular complexity index is 212. The highest BCUT2D eigenvalue weighted by atomic mass is 19.1. The minimum absolute atomic E-state index is 0.198. The van der Waals surface area contributed by atoms with Crippen molar-refractivity contribution in [2.75, 3.05) is 13.1 Å². The van der Waals surface area contributed by atoms with E-state index in [0.29, 0.717) is 12.5 Å². The molecule has 2 unspecified atom stereocenters. The molecule has 0 N–H and O–H groups in total. The Morgan fingerprint density at radius 3 is 2.62 bits per heavy atom. The van der Waals surface area contributed by atoms with E-state index in [0.717, 1.165) is 13.0 Å². The maximum Gasteiger partial charge on any atom is 0.122 e. The molecule has 2 aliphatic rings. The molecule has 2 aliphatic heterocycles. The van der Waals surface area contributed by atoms with Crippen molar-refractivity contribution in [1.82, 2.24) is 4.90 Å². The van der Waals surface area contributed by atoms with Gasteiger partial charge in [-0.2, -0.15) is 0 Å². The molecule has 2 fully saturated rings. The van der Waals surface area contributed by atoms with Gasteiger partial charge in [0, 0.05) is 18.5 Å². The van der Waals surface area contributed by atoms with Gasteiger partial charge < -0.3 is 0 Å². The molecule has 0 saturated carbocycles. The molecule has 1 nitrogen and oxygen atoms in total. The molecule has 0 aliphatic carbocycles. The molecule has 0 aromatic carbocycles. The van der Waals surface area contributed by atoms with Crippen LogP contribution >= 0.6 is 0 Å². The molecule has 76 valence electrons. The van der Waals surface area contributed by atoms with Crippen molar-refractivity contribution in [2.45, 2.75) is 51.2 Å². The summed E-state index contributed by atoms with van der Waals surface area (Å²) in [5.74, 6) is 0.590. The number of alkyl halides is 1. The van der Waals surface area contributed by atoms with E-state index in [9.17, 15) is 4.39 Å². The Balaban J connectivity index is 2.25. The summed E-state index contributed by atoms with van der Waals surface area (Å²) in [6.07, 6.45) is 3.20. The monoisotopic (exact) mass is 185 g/mol. The largest absolute Gasteiger partial charge is 0.294 e. The smallest absolute Gasteiger partial charge is 0.122 e. The standard InChI is InChI=1S/C11H20FN/c1-9(2)11-5-4-6-13(11)8-10(3,12)7-11/h9H,4-8H2,1-3H3. The Morgan fingerprint density at radius 1 is 1.38 bits per heavy atom. The molecule has 2 heterocycles. The number of hydrogen-bond acceptors (Lipinski definition) is 1. The van der Waals surface area contributed by atoms with Crippen LogP contribution in [-0.4, -0.2) is 29.2 Å².